The fourth-order valence-corrected chi connectivity index (χ4v) is 2.26. The van der Waals surface area contributed by atoms with E-state index in [1.54, 1.807) is 24.3 Å². The van der Waals surface area contributed by atoms with Crippen LogP contribution in [-0.4, -0.2) is 29.9 Å². The largest absolute Gasteiger partial charge is 0.508 e. The van der Waals surface area contributed by atoms with Crippen LogP contribution in [-0.2, 0) is 0 Å². The highest BCUT2D eigenvalue weighted by molar-refractivity contribution is 5.58. The van der Waals surface area contributed by atoms with Crippen molar-refractivity contribution in [3.8, 4) is 11.8 Å². The number of hydrogen-bond donors (Lipinski definition) is 2. The van der Waals surface area contributed by atoms with Crippen LogP contribution in [0.15, 0.2) is 52.7 Å². The van der Waals surface area contributed by atoms with Crippen molar-refractivity contribution in [2.24, 2.45) is 10.2 Å². The van der Waals surface area contributed by atoms with Gasteiger partial charge in [0.05, 0.1) is 30.5 Å². The minimum absolute atomic E-state index is 0.0345. The standard InChI is InChI=1S/C18H20N4O2/c1-14-13-16(22(11-12-23)10-2-9-19)5-8-18(14)21-20-15-3-6-17(24)7-4-15/h3-8,13,23-24H,2,10-12H2,1H3. The molecule has 24 heavy (non-hydrogen) atoms. The number of nitrogens with zero attached hydrogens (tertiary/aromatic N) is 4. The van der Waals surface area contributed by atoms with Crippen LogP contribution >= 0.6 is 0 Å². The van der Waals surface area contributed by atoms with Crippen molar-refractivity contribution >= 4 is 17.1 Å². The van der Waals surface area contributed by atoms with Crippen LogP contribution in [0.25, 0.3) is 0 Å². The molecule has 0 saturated heterocycles. The first-order chi connectivity index (χ1) is 11.6. The Morgan fingerprint density at radius 2 is 1.83 bits per heavy atom. The van der Waals surface area contributed by atoms with Gasteiger partial charge in [0, 0.05) is 18.8 Å². The molecule has 0 amide bonds. The zero-order valence-electron chi connectivity index (χ0n) is 13.6. The van der Waals surface area contributed by atoms with E-state index in [-0.39, 0.29) is 12.4 Å². The molecule has 2 aromatic carbocycles. The summed E-state index contributed by atoms with van der Waals surface area (Å²) < 4.78 is 0. The Hall–Kier alpha value is -2.91. The minimum atomic E-state index is 0.0345. The van der Waals surface area contributed by atoms with Gasteiger partial charge in [-0.25, -0.2) is 0 Å². The average Bonchev–Trinajstić information content (AvgIpc) is 2.59. The molecule has 0 aliphatic rings. The second kappa shape index (κ2) is 8.65. The summed E-state index contributed by atoms with van der Waals surface area (Å²) in [6, 6.07) is 14.4. The lowest BCUT2D eigenvalue weighted by atomic mass is 10.1. The number of aryl methyl sites for hydroxylation is 1. The number of benzene rings is 2. The molecule has 0 saturated carbocycles. The number of aromatic hydroxyl groups is 1. The molecule has 0 bridgehead atoms. The zero-order valence-corrected chi connectivity index (χ0v) is 13.6. The zero-order chi connectivity index (χ0) is 17.4. The molecule has 0 spiro atoms. The molecule has 0 aliphatic heterocycles. The highest BCUT2D eigenvalue weighted by atomic mass is 16.3. The maximum Gasteiger partial charge on any atom is 0.115 e. The first-order valence-corrected chi connectivity index (χ1v) is 7.68. The lowest BCUT2D eigenvalue weighted by Crippen LogP contribution is -2.27. The Kier molecular flexibility index (Phi) is 6.29. The van der Waals surface area contributed by atoms with Gasteiger partial charge >= 0.3 is 0 Å². The monoisotopic (exact) mass is 324 g/mol. The molecule has 2 N–H and O–H groups in total. The third kappa shape index (κ3) is 4.80. The Morgan fingerprint density at radius 1 is 1.08 bits per heavy atom. The molecule has 0 aliphatic carbocycles. The van der Waals surface area contributed by atoms with Crippen molar-refractivity contribution in [2.45, 2.75) is 13.3 Å². The van der Waals surface area contributed by atoms with E-state index in [0.29, 0.717) is 25.2 Å². The first-order valence-electron chi connectivity index (χ1n) is 7.68. The summed E-state index contributed by atoms with van der Waals surface area (Å²) in [4.78, 5) is 1.97. The second-order valence-corrected chi connectivity index (χ2v) is 5.31. The smallest absolute Gasteiger partial charge is 0.115 e. The number of anilines is 1. The van der Waals surface area contributed by atoms with Gasteiger partial charge in [-0.3, -0.25) is 0 Å². The molecule has 0 unspecified atom stereocenters. The summed E-state index contributed by atoms with van der Waals surface area (Å²) in [5.74, 6) is 0.191. The van der Waals surface area contributed by atoms with Gasteiger partial charge in [-0.2, -0.15) is 15.5 Å². The maximum absolute atomic E-state index is 9.26. The van der Waals surface area contributed by atoms with Gasteiger partial charge in [0.1, 0.15) is 5.75 Å². The number of phenols is 1. The Morgan fingerprint density at radius 3 is 2.46 bits per heavy atom. The van der Waals surface area contributed by atoms with Gasteiger partial charge in [0.15, 0.2) is 0 Å². The lowest BCUT2D eigenvalue weighted by molar-refractivity contribution is 0.302. The maximum atomic E-state index is 9.26. The SMILES string of the molecule is Cc1cc(N(CCO)CCC#N)ccc1N=Nc1ccc(O)cc1. The minimum Gasteiger partial charge on any atom is -0.508 e. The summed E-state index contributed by atoms with van der Waals surface area (Å²) in [6.07, 6.45) is 0.404. The van der Waals surface area contributed by atoms with Crippen molar-refractivity contribution in [3.63, 3.8) is 0 Å². The second-order valence-electron chi connectivity index (χ2n) is 5.31. The van der Waals surface area contributed by atoms with Crippen molar-refractivity contribution in [2.75, 3.05) is 24.6 Å². The predicted molar refractivity (Wildman–Crippen MR) is 93.0 cm³/mol. The van der Waals surface area contributed by atoms with Crippen molar-refractivity contribution in [3.05, 3.63) is 48.0 Å². The summed E-state index contributed by atoms with van der Waals surface area (Å²) in [5, 5.41) is 35.6. The summed E-state index contributed by atoms with van der Waals surface area (Å²) in [6.45, 7) is 3.03. The van der Waals surface area contributed by atoms with E-state index in [9.17, 15) is 10.2 Å². The van der Waals surface area contributed by atoms with Gasteiger partial charge in [0.2, 0.25) is 0 Å². The van der Waals surface area contributed by atoms with Crippen LogP contribution in [0.1, 0.15) is 12.0 Å². The third-order valence-corrected chi connectivity index (χ3v) is 3.53. The van der Waals surface area contributed by atoms with Crippen molar-refractivity contribution in [1.29, 1.82) is 5.26 Å². The van der Waals surface area contributed by atoms with Gasteiger partial charge in [-0.15, -0.1) is 0 Å². The molecule has 124 valence electrons. The van der Waals surface area contributed by atoms with Gasteiger partial charge in [0.25, 0.3) is 0 Å². The fraction of sp³-hybridized carbons (Fsp3) is 0.278. The van der Waals surface area contributed by atoms with Crippen LogP contribution in [0, 0.1) is 18.3 Å². The number of aliphatic hydroxyl groups excluding tert-OH is 1. The molecule has 2 rings (SSSR count). The van der Waals surface area contributed by atoms with Gasteiger partial charge in [-0.1, -0.05) is 0 Å². The first kappa shape index (κ1) is 17.4. The molecule has 0 atom stereocenters. The van der Waals surface area contributed by atoms with Crippen LogP contribution < -0.4 is 4.90 Å². The summed E-state index contributed by atoms with van der Waals surface area (Å²) in [5.41, 5.74) is 3.30. The van der Waals surface area contributed by atoms with E-state index in [4.69, 9.17) is 5.26 Å². The van der Waals surface area contributed by atoms with E-state index in [0.717, 1.165) is 16.9 Å². The topological polar surface area (TPSA) is 92.2 Å². The van der Waals surface area contributed by atoms with E-state index in [1.165, 1.54) is 0 Å². The molecular weight excluding hydrogens is 304 g/mol. The molecule has 2 aromatic rings. The van der Waals surface area contributed by atoms with E-state index in [1.807, 2.05) is 30.0 Å². The van der Waals surface area contributed by atoms with Crippen LogP contribution in [0.3, 0.4) is 0 Å². The number of nitriles is 1. The van der Waals surface area contributed by atoms with E-state index < -0.39 is 0 Å². The number of azo groups is 1. The van der Waals surface area contributed by atoms with E-state index >= 15 is 0 Å². The molecule has 0 heterocycles. The molecule has 6 heteroatoms. The highest BCUT2D eigenvalue weighted by Gasteiger charge is 2.07. The average molecular weight is 324 g/mol. The summed E-state index contributed by atoms with van der Waals surface area (Å²) in [7, 11) is 0. The Bertz CT molecular complexity index is 736. The molecule has 0 aromatic heterocycles. The van der Waals surface area contributed by atoms with Gasteiger partial charge in [-0.05, 0) is 55.0 Å². The highest BCUT2D eigenvalue weighted by Crippen LogP contribution is 2.27. The van der Waals surface area contributed by atoms with Crippen molar-refractivity contribution < 1.29 is 10.2 Å². The lowest BCUT2D eigenvalue weighted by Gasteiger charge is -2.23. The molecule has 6 nitrogen and oxygen atoms in total. The number of aliphatic hydroxyl groups is 1. The normalized spacial score (nSPS) is 10.7. The fourth-order valence-electron chi connectivity index (χ4n) is 2.26. The molecular formula is C18H20N4O2. The van der Waals surface area contributed by atoms with Crippen LogP contribution in [0.5, 0.6) is 5.75 Å². The number of rotatable bonds is 7. The number of phenolic OH excluding ortho intramolecular Hbond substituents is 1. The van der Waals surface area contributed by atoms with Crippen molar-refractivity contribution in [1.82, 2.24) is 0 Å². The summed E-state index contributed by atoms with van der Waals surface area (Å²) >= 11 is 0. The predicted octanol–water partition coefficient (Wildman–Crippen LogP) is 3.83. The molecule has 0 radical (unpaired) electrons. The quantitative estimate of drug-likeness (QED) is 0.757. The van der Waals surface area contributed by atoms with Gasteiger partial charge < -0.3 is 15.1 Å². The Labute approximate surface area is 141 Å². The Balaban J connectivity index is 2.16. The number of hydrogen-bond acceptors (Lipinski definition) is 6. The van der Waals surface area contributed by atoms with E-state index in [2.05, 4.69) is 16.3 Å². The van der Waals surface area contributed by atoms with Crippen LogP contribution in [0.2, 0.25) is 0 Å². The third-order valence-electron chi connectivity index (χ3n) is 3.53. The molecule has 0 fully saturated rings. The van der Waals surface area contributed by atoms with Crippen LogP contribution in [0.4, 0.5) is 17.1 Å².